The highest BCUT2D eigenvalue weighted by Crippen LogP contribution is 2.25. The van der Waals surface area contributed by atoms with Crippen molar-refractivity contribution in [2.45, 2.75) is 25.7 Å². The number of hydrogen-bond donors (Lipinski definition) is 2. The zero-order valence-corrected chi connectivity index (χ0v) is 17.5. The van der Waals surface area contributed by atoms with E-state index in [2.05, 4.69) is 20.5 Å². The third kappa shape index (κ3) is 5.31. The molecule has 2 aromatic rings. The highest BCUT2D eigenvalue weighted by molar-refractivity contribution is 5.99. The predicted molar refractivity (Wildman–Crippen MR) is 118 cm³/mol. The van der Waals surface area contributed by atoms with Crippen LogP contribution >= 0.6 is 0 Å². The number of anilines is 2. The fourth-order valence-corrected chi connectivity index (χ4v) is 4.31. The molecule has 7 nitrogen and oxygen atoms in total. The second-order valence-corrected chi connectivity index (χ2v) is 8.17. The average Bonchev–Trinajstić information content (AvgIpc) is 3.32. The number of urea groups is 1. The molecule has 2 fully saturated rings. The van der Waals surface area contributed by atoms with Gasteiger partial charge in [-0.25, -0.2) is 14.2 Å². The van der Waals surface area contributed by atoms with Crippen molar-refractivity contribution in [2.75, 3.05) is 42.9 Å². The first-order valence-electron chi connectivity index (χ1n) is 10.9. The van der Waals surface area contributed by atoms with E-state index in [1.807, 2.05) is 17.0 Å². The van der Waals surface area contributed by atoms with Crippen molar-refractivity contribution in [3.63, 3.8) is 0 Å². The van der Waals surface area contributed by atoms with Crippen molar-refractivity contribution >= 4 is 23.4 Å². The lowest BCUT2D eigenvalue weighted by Crippen LogP contribution is -2.44. The van der Waals surface area contributed by atoms with Gasteiger partial charge in [-0.3, -0.25) is 4.79 Å². The van der Waals surface area contributed by atoms with Crippen molar-refractivity contribution in [1.29, 1.82) is 0 Å². The molecule has 1 unspecified atom stereocenters. The van der Waals surface area contributed by atoms with Crippen molar-refractivity contribution in [1.82, 2.24) is 15.2 Å². The number of halogens is 1. The summed E-state index contributed by atoms with van der Waals surface area (Å²) in [6.07, 6.45) is 5.82. The van der Waals surface area contributed by atoms with Gasteiger partial charge in [0.25, 0.3) is 5.91 Å². The minimum absolute atomic E-state index is 0.00362. The van der Waals surface area contributed by atoms with Gasteiger partial charge in [-0.1, -0.05) is 6.07 Å². The fourth-order valence-electron chi connectivity index (χ4n) is 4.31. The first-order chi connectivity index (χ1) is 15.1. The molecule has 0 bridgehead atoms. The summed E-state index contributed by atoms with van der Waals surface area (Å²) in [6, 6.07) is 9.07. The van der Waals surface area contributed by atoms with E-state index in [0.717, 1.165) is 44.6 Å². The summed E-state index contributed by atoms with van der Waals surface area (Å²) in [4.78, 5) is 34.0. The number of piperidine rings is 1. The number of benzene rings is 1. The number of amides is 3. The Bertz CT molecular complexity index is 932. The zero-order chi connectivity index (χ0) is 21.6. The Kier molecular flexibility index (Phi) is 6.64. The molecule has 2 aliphatic rings. The van der Waals surface area contributed by atoms with E-state index >= 15 is 0 Å². The van der Waals surface area contributed by atoms with Crippen LogP contribution in [-0.2, 0) is 0 Å². The third-order valence-corrected chi connectivity index (χ3v) is 5.86. The van der Waals surface area contributed by atoms with Gasteiger partial charge >= 0.3 is 6.03 Å². The SMILES string of the molecule is O=C(NCC1CCCN(C(=O)c2cccnc2N2CCCC2)C1)Nc1cccc(F)c1. The fraction of sp³-hybridized carbons (Fsp3) is 0.435. The van der Waals surface area contributed by atoms with Gasteiger partial charge < -0.3 is 20.4 Å². The molecule has 3 amide bonds. The van der Waals surface area contributed by atoms with Crippen LogP contribution in [0.4, 0.5) is 20.7 Å². The Morgan fingerprint density at radius 1 is 1.10 bits per heavy atom. The van der Waals surface area contributed by atoms with Crippen LogP contribution in [0.1, 0.15) is 36.0 Å². The normalized spacial score (nSPS) is 18.7. The zero-order valence-electron chi connectivity index (χ0n) is 17.5. The number of carbonyl (C=O) groups excluding carboxylic acids is 2. The van der Waals surface area contributed by atoms with Gasteiger partial charge in [-0.05, 0) is 61.9 Å². The lowest BCUT2D eigenvalue weighted by molar-refractivity contribution is 0.0675. The molecule has 8 heteroatoms. The van der Waals surface area contributed by atoms with Gasteiger partial charge in [-0.2, -0.15) is 0 Å². The molecule has 1 aromatic carbocycles. The maximum absolute atomic E-state index is 13.3. The standard InChI is InChI=1S/C23H28FN5O2/c24-18-7-3-8-19(14-18)27-23(31)26-15-17-6-5-13-29(16-17)22(30)20-9-4-10-25-21(20)28-11-1-2-12-28/h3-4,7-10,14,17H,1-2,5-6,11-13,15-16H2,(H2,26,27,31). The molecule has 0 saturated carbocycles. The summed E-state index contributed by atoms with van der Waals surface area (Å²) in [5, 5.41) is 5.48. The Labute approximate surface area is 181 Å². The maximum atomic E-state index is 13.3. The average molecular weight is 426 g/mol. The minimum Gasteiger partial charge on any atom is -0.356 e. The molecule has 0 spiro atoms. The monoisotopic (exact) mass is 425 g/mol. The Morgan fingerprint density at radius 2 is 1.94 bits per heavy atom. The summed E-state index contributed by atoms with van der Waals surface area (Å²) in [7, 11) is 0. The molecule has 1 atom stereocenters. The molecule has 1 aromatic heterocycles. The smallest absolute Gasteiger partial charge is 0.319 e. The highest BCUT2D eigenvalue weighted by atomic mass is 19.1. The van der Waals surface area contributed by atoms with Crippen LogP contribution in [0.2, 0.25) is 0 Å². The van der Waals surface area contributed by atoms with Gasteiger partial charge in [0.05, 0.1) is 5.56 Å². The number of likely N-dealkylation sites (tertiary alicyclic amines) is 1. The lowest BCUT2D eigenvalue weighted by Gasteiger charge is -2.33. The van der Waals surface area contributed by atoms with Crippen molar-refractivity contribution in [3.8, 4) is 0 Å². The van der Waals surface area contributed by atoms with Crippen molar-refractivity contribution < 1.29 is 14.0 Å². The van der Waals surface area contributed by atoms with E-state index in [1.54, 1.807) is 18.3 Å². The van der Waals surface area contributed by atoms with Gasteiger partial charge in [0.15, 0.2) is 0 Å². The number of nitrogens with one attached hydrogen (secondary N) is 2. The van der Waals surface area contributed by atoms with E-state index in [-0.39, 0.29) is 17.9 Å². The van der Waals surface area contributed by atoms with Crippen LogP contribution in [0, 0.1) is 11.7 Å². The van der Waals surface area contributed by atoms with Crippen LogP contribution < -0.4 is 15.5 Å². The molecule has 4 rings (SSSR count). The van der Waals surface area contributed by atoms with Crippen molar-refractivity contribution in [3.05, 3.63) is 54.0 Å². The first kappa shape index (κ1) is 21.1. The van der Waals surface area contributed by atoms with Crippen molar-refractivity contribution in [2.24, 2.45) is 5.92 Å². The van der Waals surface area contributed by atoms with Crippen LogP contribution in [0.3, 0.4) is 0 Å². The van der Waals surface area contributed by atoms with Gasteiger partial charge in [0.1, 0.15) is 11.6 Å². The number of hydrogen-bond acceptors (Lipinski definition) is 4. The quantitative estimate of drug-likeness (QED) is 0.769. The number of pyridine rings is 1. The summed E-state index contributed by atoms with van der Waals surface area (Å²) in [5.74, 6) is 0.550. The molecule has 164 valence electrons. The van der Waals surface area contributed by atoms with Crippen LogP contribution in [0.15, 0.2) is 42.6 Å². The molecule has 0 radical (unpaired) electrons. The first-order valence-corrected chi connectivity index (χ1v) is 10.9. The summed E-state index contributed by atoms with van der Waals surface area (Å²) >= 11 is 0. The summed E-state index contributed by atoms with van der Waals surface area (Å²) < 4.78 is 13.3. The minimum atomic E-state index is -0.400. The van der Waals surface area contributed by atoms with Crippen LogP contribution in [0.25, 0.3) is 0 Å². The van der Waals surface area contributed by atoms with E-state index in [0.29, 0.717) is 30.9 Å². The predicted octanol–water partition coefficient (Wildman–Crippen LogP) is 3.49. The van der Waals surface area contributed by atoms with Crippen LogP contribution in [0.5, 0.6) is 0 Å². The van der Waals surface area contributed by atoms with Gasteiger partial charge in [0, 0.05) is 44.6 Å². The molecule has 0 aliphatic carbocycles. The van der Waals surface area contributed by atoms with E-state index in [1.165, 1.54) is 12.1 Å². The Balaban J connectivity index is 1.33. The number of rotatable bonds is 5. The third-order valence-electron chi connectivity index (χ3n) is 5.86. The molecular weight excluding hydrogens is 397 g/mol. The second kappa shape index (κ2) is 9.76. The molecule has 31 heavy (non-hydrogen) atoms. The molecule has 2 aliphatic heterocycles. The number of aromatic nitrogens is 1. The Hall–Kier alpha value is -3.16. The van der Waals surface area contributed by atoms with E-state index in [4.69, 9.17) is 0 Å². The number of carbonyl (C=O) groups is 2. The topological polar surface area (TPSA) is 77.6 Å². The highest BCUT2D eigenvalue weighted by Gasteiger charge is 2.28. The van der Waals surface area contributed by atoms with Crippen LogP contribution in [-0.4, -0.2) is 54.5 Å². The largest absolute Gasteiger partial charge is 0.356 e. The van der Waals surface area contributed by atoms with Gasteiger partial charge in [-0.15, -0.1) is 0 Å². The van der Waals surface area contributed by atoms with E-state index in [9.17, 15) is 14.0 Å². The van der Waals surface area contributed by atoms with Gasteiger partial charge in [0.2, 0.25) is 0 Å². The molecule has 3 heterocycles. The summed E-state index contributed by atoms with van der Waals surface area (Å²) in [5.41, 5.74) is 1.06. The molecular formula is C23H28FN5O2. The second-order valence-electron chi connectivity index (χ2n) is 8.17. The summed E-state index contributed by atoms with van der Waals surface area (Å²) in [6.45, 7) is 3.62. The lowest BCUT2D eigenvalue weighted by atomic mass is 9.97. The van der Waals surface area contributed by atoms with E-state index < -0.39 is 5.82 Å². The molecule has 2 N–H and O–H groups in total. The number of nitrogens with zero attached hydrogens (tertiary/aromatic N) is 3. The maximum Gasteiger partial charge on any atom is 0.319 e. The molecule has 2 saturated heterocycles. The Morgan fingerprint density at radius 3 is 2.74 bits per heavy atom.